The van der Waals surface area contributed by atoms with Crippen molar-refractivity contribution in [3.63, 3.8) is 0 Å². The quantitative estimate of drug-likeness (QED) is 0.861. The molecule has 1 rings (SSSR count). The lowest BCUT2D eigenvalue weighted by atomic mass is 9.88. The van der Waals surface area contributed by atoms with Crippen LogP contribution in [0.25, 0.3) is 0 Å². The summed E-state index contributed by atoms with van der Waals surface area (Å²) in [5.74, 6) is 0.433. The van der Waals surface area contributed by atoms with E-state index in [1.807, 2.05) is 7.05 Å². The van der Waals surface area contributed by atoms with Crippen molar-refractivity contribution in [2.24, 2.45) is 5.92 Å². The first-order chi connectivity index (χ1) is 7.47. The van der Waals surface area contributed by atoms with Crippen molar-refractivity contribution >= 4 is 11.3 Å². The Morgan fingerprint density at radius 1 is 1.44 bits per heavy atom. The molecule has 0 bridgehead atoms. The minimum atomic E-state index is -0.168. The Hall–Kier alpha value is -0.450. The highest BCUT2D eigenvalue weighted by molar-refractivity contribution is 7.11. The number of ether oxygens (including phenoxy) is 1. The molecule has 16 heavy (non-hydrogen) atoms. The average Bonchev–Trinajstić information content (AvgIpc) is 2.55. The molecular formula is C12H22N2OS. The summed E-state index contributed by atoms with van der Waals surface area (Å²) in [7, 11) is 3.72. The number of nitrogens with zero attached hydrogens (tertiary/aromatic N) is 1. The molecule has 0 aliphatic carbocycles. The summed E-state index contributed by atoms with van der Waals surface area (Å²) in [6.45, 7) is 9.21. The van der Waals surface area contributed by atoms with Crippen LogP contribution in [0.1, 0.15) is 29.4 Å². The number of nitrogens with one attached hydrogen (secondary N) is 1. The van der Waals surface area contributed by atoms with Crippen molar-refractivity contribution in [3.8, 4) is 0 Å². The molecule has 0 aromatic carbocycles. The maximum absolute atomic E-state index is 5.37. The van der Waals surface area contributed by atoms with Gasteiger partial charge in [0.2, 0.25) is 0 Å². The minimum Gasteiger partial charge on any atom is -0.382 e. The predicted molar refractivity (Wildman–Crippen MR) is 69.0 cm³/mol. The molecule has 4 heteroatoms. The van der Waals surface area contributed by atoms with Crippen LogP contribution in [0.4, 0.5) is 0 Å². The summed E-state index contributed by atoms with van der Waals surface area (Å²) in [6.07, 6.45) is 0. The van der Waals surface area contributed by atoms with Crippen LogP contribution in [0.5, 0.6) is 0 Å². The van der Waals surface area contributed by atoms with Gasteiger partial charge in [-0.2, -0.15) is 0 Å². The lowest BCUT2D eigenvalue weighted by Crippen LogP contribution is -2.48. The Morgan fingerprint density at radius 2 is 2.06 bits per heavy atom. The summed E-state index contributed by atoms with van der Waals surface area (Å²) in [4.78, 5) is 5.95. The molecular weight excluding hydrogens is 220 g/mol. The first kappa shape index (κ1) is 13.6. The number of likely N-dealkylation sites (N-methyl/N-ethyl adjacent to an activating group) is 1. The molecule has 1 unspecified atom stereocenters. The third-order valence-electron chi connectivity index (χ3n) is 3.21. The van der Waals surface area contributed by atoms with Gasteiger partial charge in [0.05, 0.1) is 17.8 Å². The SMILES string of the molecule is CNC(COC)(c1nc(C)c(C)s1)C(C)C. The number of methoxy groups -OCH3 is 1. The van der Waals surface area contributed by atoms with Gasteiger partial charge in [-0.1, -0.05) is 13.8 Å². The van der Waals surface area contributed by atoms with Crippen LogP contribution in [0.3, 0.4) is 0 Å². The highest BCUT2D eigenvalue weighted by Crippen LogP contribution is 2.33. The van der Waals surface area contributed by atoms with E-state index < -0.39 is 0 Å². The molecule has 0 saturated heterocycles. The molecule has 3 nitrogen and oxygen atoms in total. The van der Waals surface area contributed by atoms with Gasteiger partial charge < -0.3 is 10.1 Å². The van der Waals surface area contributed by atoms with Gasteiger partial charge in [0.25, 0.3) is 0 Å². The normalized spacial score (nSPS) is 15.4. The van der Waals surface area contributed by atoms with Crippen molar-refractivity contribution in [3.05, 3.63) is 15.6 Å². The van der Waals surface area contributed by atoms with E-state index >= 15 is 0 Å². The fourth-order valence-corrected chi connectivity index (χ4v) is 3.08. The van der Waals surface area contributed by atoms with Gasteiger partial charge in [-0.15, -0.1) is 11.3 Å². The number of rotatable bonds is 5. The van der Waals surface area contributed by atoms with Gasteiger partial charge in [-0.3, -0.25) is 0 Å². The maximum Gasteiger partial charge on any atom is 0.116 e. The molecule has 0 fully saturated rings. The molecule has 0 aliphatic heterocycles. The van der Waals surface area contributed by atoms with E-state index in [0.717, 1.165) is 10.7 Å². The number of hydrogen-bond donors (Lipinski definition) is 1. The van der Waals surface area contributed by atoms with Gasteiger partial charge in [-0.25, -0.2) is 4.98 Å². The minimum absolute atomic E-state index is 0.168. The molecule has 92 valence electrons. The first-order valence-corrected chi connectivity index (χ1v) is 6.42. The molecule has 0 amide bonds. The van der Waals surface area contributed by atoms with Gasteiger partial charge >= 0.3 is 0 Å². The third-order valence-corrected chi connectivity index (χ3v) is 4.46. The largest absolute Gasteiger partial charge is 0.382 e. The number of aromatic nitrogens is 1. The predicted octanol–water partition coefficient (Wildman–Crippen LogP) is 2.48. The second-order valence-corrected chi connectivity index (χ2v) is 5.67. The van der Waals surface area contributed by atoms with Crippen LogP contribution >= 0.6 is 11.3 Å². The number of thiazole rings is 1. The van der Waals surface area contributed by atoms with E-state index in [9.17, 15) is 0 Å². The summed E-state index contributed by atoms with van der Waals surface area (Å²) < 4.78 is 5.37. The van der Waals surface area contributed by atoms with Gasteiger partial charge in [0.15, 0.2) is 0 Å². The van der Waals surface area contributed by atoms with Crippen LogP contribution < -0.4 is 5.32 Å². The third kappa shape index (κ3) is 2.29. The van der Waals surface area contributed by atoms with Crippen LogP contribution in [0.15, 0.2) is 0 Å². The maximum atomic E-state index is 5.37. The van der Waals surface area contributed by atoms with Crippen LogP contribution in [-0.4, -0.2) is 25.7 Å². The summed E-state index contributed by atoms with van der Waals surface area (Å²) in [5, 5.41) is 4.52. The lowest BCUT2D eigenvalue weighted by molar-refractivity contribution is 0.0818. The monoisotopic (exact) mass is 242 g/mol. The number of aryl methyl sites for hydroxylation is 2. The van der Waals surface area contributed by atoms with E-state index in [1.165, 1.54) is 4.88 Å². The van der Waals surface area contributed by atoms with Crippen molar-refractivity contribution < 1.29 is 4.74 Å². The highest BCUT2D eigenvalue weighted by Gasteiger charge is 2.37. The Bertz CT molecular complexity index is 329. The topological polar surface area (TPSA) is 34.1 Å². The fraction of sp³-hybridized carbons (Fsp3) is 0.750. The van der Waals surface area contributed by atoms with Gasteiger partial charge in [0.1, 0.15) is 5.01 Å². The molecule has 1 aromatic rings. The van der Waals surface area contributed by atoms with E-state index in [4.69, 9.17) is 4.74 Å². The Balaban J connectivity index is 3.18. The van der Waals surface area contributed by atoms with Crippen LogP contribution in [-0.2, 0) is 10.3 Å². The second-order valence-electron chi connectivity index (χ2n) is 4.47. The zero-order valence-electron chi connectivity index (χ0n) is 11.0. The van der Waals surface area contributed by atoms with Crippen LogP contribution in [0.2, 0.25) is 0 Å². The molecule has 1 N–H and O–H groups in total. The van der Waals surface area contributed by atoms with Gasteiger partial charge in [0, 0.05) is 12.0 Å². The Kier molecular flexibility index (Phi) is 4.47. The van der Waals surface area contributed by atoms with Crippen LogP contribution in [0, 0.1) is 19.8 Å². The Labute approximate surface area is 102 Å². The molecule has 0 saturated carbocycles. The van der Waals surface area contributed by atoms with Gasteiger partial charge in [-0.05, 0) is 26.8 Å². The Morgan fingerprint density at radius 3 is 2.38 bits per heavy atom. The van der Waals surface area contributed by atoms with Crippen molar-refractivity contribution in [2.75, 3.05) is 20.8 Å². The molecule has 1 aromatic heterocycles. The average molecular weight is 242 g/mol. The van der Waals surface area contributed by atoms with E-state index in [1.54, 1.807) is 18.4 Å². The van der Waals surface area contributed by atoms with E-state index in [-0.39, 0.29) is 5.54 Å². The van der Waals surface area contributed by atoms with Crippen molar-refractivity contribution in [1.82, 2.24) is 10.3 Å². The molecule has 0 spiro atoms. The number of hydrogen-bond acceptors (Lipinski definition) is 4. The highest BCUT2D eigenvalue weighted by atomic mass is 32.1. The first-order valence-electron chi connectivity index (χ1n) is 5.60. The zero-order valence-corrected chi connectivity index (χ0v) is 11.9. The summed E-state index contributed by atoms with van der Waals surface area (Å²) in [5.41, 5.74) is 0.953. The fourth-order valence-electron chi connectivity index (χ4n) is 1.83. The summed E-state index contributed by atoms with van der Waals surface area (Å²) in [6, 6.07) is 0. The molecule has 0 radical (unpaired) electrons. The van der Waals surface area contributed by atoms with Crippen molar-refractivity contribution in [1.29, 1.82) is 0 Å². The van der Waals surface area contributed by atoms with E-state index in [0.29, 0.717) is 12.5 Å². The molecule has 1 atom stereocenters. The molecule has 1 heterocycles. The smallest absolute Gasteiger partial charge is 0.116 e. The van der Waals surface area contributed by atoms with E-state index in [2.05, 4.69) is 38.0 Å². The lowest BCUT2D eigenvalue weighted by Gasteiger charge is -2.34. The van der Waals surface area contributed by atoms with Crippen molar-refractivity contribution in [2.45, 2.75) is 33.2 Å². The molecule has 0 aliphatic rings. The second kappa shape index (κ2) is 5.25. The summed E-state index contributed by atoms with van der Waals surface area (Å²) >= 11 is 1.76. The standard InChI is InChI=1S/C12H22N2OS/c1-8(2)12(13-5,7-15-6)11-14-9(3)10(4)16-11/h8,13H,7H2,1-6H3. The zero-order chi connectivity index (χ0) is 12.3.